The van der Waals surface area contributed by atoms with E-state index in [1.807, 2.05) is 0 Å². The van der Waals surface area contributed by atoms with E-state index in [1.165, 1.54) is 19.3 Å². The van der Waals surface area contributed by atoms with Crippen LogP contribution < -0.4 is 0 Å². The third kappa shape index (κ3) is 2.27. The summed E-state index contributed by atoms with van der Waals surface area (Å²) < 4.78 is 0. The van der Waals surface area contributed by atoms with Crippen molar-refractivity contribution in [1.82, 2.24) is 0 Å². The summed E-state index contributed by atoms with van der Waals surface area (Å²) in [5.41, 5.74) is 0. The predicted molar refractivity (Wildman–Crippen MR) is 59.7 cm³/mol. The highest BCUT2D eigenvalue weighted by molar-refractivity contribution is 4.90. The van der Waals surface area contributed by atoms with Gasteiger partial charge >= 0.3 is 0 Å². The molecule has 0 aromatic rings. The molecular weight excluding hydrogens is 156 g/mol. The molecule has 0 aliphatic heterocycles. The summed E-state index contributed by atoms with van der Waals surface area (Å²) >= 11 is 0. The Kier molecular flexibility index (Phi) is 3.82. The second-order valence-corrected chi connectivity index (χ2v) is 5.43. The highest BCUT2D eigenvalue weighted by Gasteiger charge is 2.41. The Labute approximate surface area is 84.1 Å². The van der Waals surface area contributed by atoms with E-state index in [9.17, 15) is 0 Å². The van der Waals surface area contributed by atoms with Gasteiger partial charge in [0.2, 0.25) is 0 Å². The first-order chi connectivity index (χ1) is 6.07. The van der Waals surface area contributed by atoms with Crippen molar-refractivity contribution in [2.45, 2.75) is 53.9 Å². The van der Waals surface area contributed by atoms with Gasteiger partial charge in [0, 0.05) is 0 Å². The van der Waals surface area contributed by atoms with Gasteiger partial charge in [-0.2, -0.15) is 0 Å². The van der Waals surface area contributed by atoms with Gasteiger partial charge in [-0.05, 0) is 36.0 Å². The van der Waals surface area contributed by atoms with Crippen molar-refractivity contribution in [1.29, 1.82) is 0 Å². The van der Waals surface area contributed by atoms with Gasteiger partial charge in [0.1, 0.15) is 0 Å². The van der Waals surface area contributed by atoms with Crippen LogP contribution in [0.3, 0.4) is 0 Å². The van der Waals surface area contributed by atoms with Gasteiger partial charge in [-0.25, -0.2) is 0 Å². The smallest absolute Gasteiger partial charge is 0.0357 e. The molecule has 1 aliphatic rings. The number of hydrogen-bond donors (Lipinski definition) is 0. The molecule has 0 aromatic heterocycles. The molecule has 0 amide bonds. The van der Waals surface area contributed by atoms with Crippen LogP contribution in [0.5, 0.6) is 0 Å². The minimum atomic E-state index is 0.903. The summed E-state index contributed by atoms with van der Waals surface area (Å²) in [6, 6.07) is 0. The lowest BCUT2D eigenvalue weighted by molar-refractivity contribution is 0.00948. The van der Waals surface area contributed by atoms with Crippen molar-refractivity contribution in [2.24, 2.45) is 29.6 Å². The van der Waals surface area contributed by atoms with Crippen LogP contribution in [0.25, 0.3) is 0 Å². The summed E-state index contributed by atoms with van der Waals surface area (Å²) in [4.78, 5) is 0. The first kappa shape index (κ1) is 11.1. The molecule has 1 aliphatic carbocycles. The van der Waals surface area contributed by atoms with Gasteiger partial charge in [-0.15, -0.1) is 0 Å². The second kappa shape index (κ2) is 4.48. The molecular formula is C13H26. The molecule has 1 rings (SSSR count). The Bertz CT molecular complexity index is 148. The van der Waals surface area contributed by atoms with Crippen molar-refractivity contribution in [3.63, 3.8) is 0 Å². The fourth-order valence-electron chi connectivity index (χ4n) is 3.16. The Hall–Kier alpha value is 0. The van der Waals surface area contributed by atoms with Gasteiger partial charge in [0.05, 0.1) is 0 Å². The van der Waals surface area contributed by atoms with Crippen molar-refractivity contribution in [3.8, 4) is 0 Å². The van der Waals surface area contributed by atoms with Crippen LogP contribution in [0.15, 0.2) is 0 Å². The van der Waals surface area contributed by atoms with Crippen LogP contribution in [0.2, 0.25) is 0 Å². The standard InChI is InChI=1S/C13H26/c1-6-7-10(4)13-8-12(9(2)3)11(13)5/h9-13H,6-8H2,1-5H3. The zero-order valence-electron chi connectivity index (χ0n) is 10.0. The van der Waals surface area contributed by atoms with E-state index in [0.717, 1.165) is 29.6 Å². The Morgan fingerprint density at radius 3 is 2.15 bits per heavy atom. The summed E-state index contributed by atoms with van der Waals surface area (Å²) in [6.45, 7) is 12.0. The Balaban J connectivity index is 2.34. The van der Waals surface area contributed by atoms with E-state index in [2.05, 4.69) is 34.6 Å². The van der Waals surface area contributed by atoms with Crippen LogP contribution in [-0.4, -0.2) is 0 Å². The van der Waals surface area contributed by atoms with Gasteiger partial charge in [-0.3, -0.25) is 0 Å². The maximum absolute atomic E-state index is 2.46. The third-order valence-electron chi connectivity index (χ3n) is 4.23. The van der Waals surface area contributed by atoms with Gasteiger partial charge < -0.3 is 0 Å². The molecule has 1 saturated carbocycles. The molecule has 78 valence electrons. The number of hydrogen-bond acceptors (Lipinski definition) is 0. The molecule has 1 fully saturated rings. The van der Waals surface area contributed by atoms with Crippen molar-refractivity contribution in [3.05, 3.63) is 0 Å². The normalized spacial score (nSPS) is 36.0. The largest absolute Gasteiger partial charge is 0.0654 e. The molecule has 4 atom stereocenters. The minimum absolute atomic E-state index is 0.903. The summed E-state index contributed by atoms with van der Waals surface area (Å²) in [7, 11) is 0. The highest BCUT2D eigenvalue weighted by atomic mass is 14.5. The topological polar surface area (TPSA) is 0 Å². The van der Waals surface area contributed by atoms with E-state index in [4.69, 9.17) is 0 Å². The lowest BCUT2D eigenvalue weighted by atomic mass is 9.57. The minimum Gasteiger partial charge on any atom is -0.0654 e. The van der Waals surface area contributed by atoms with Crippen LogP contribution in [-0.2, 0) is 0 Å². The second-order valence-electron chi connectivity index (χ2n) is 5.43. The molecule has 0 radical (unpaired) electrons. The summed E-state index contributed by atoms with van der Waals surface area (Å²) in [6.07, 6.45) is 4.29. The Morgan fingerprint density at radius 1 is 1.15 bits per heavy atom. The zero-order chi connectivity index (χ0) is 10.0. The van der Waals surface area contributed by atoms with Crippen molar-refractivity contribution < 1.29 is 0 Å². The zero-order valence-corrected chi connectivity index (χ0v) is 10.0. The van der Waals surface area contributed by atoms with E-state index >= 15 is 0 Å². The number of rotatable bonds is 4. The van der Waals surface area contributed by atoms with Gasteiger partial charge in [-0.1, -0.05) is 47.5 Å². The first-order valence-corrected chi connectivity index (χ1v) is 6.07. The molecule has 0 bridgehead atoms. The molecule has 0 saturated heterocycles. The molecule has 0 nitrogen and oxygen atoms in total. The average Bonchev–Trinajstić information content (AvgIpc) is 2.01. The summed E-state index contributed by atoms with van der Waals surface area (Å²) in [5.74, 6) is 4.91. The molecule has 0 heteroatoms. The molecule has 13 heavy (non-hydrogen) atoms. The molecule has 0 spiro atoms. The SMILES string of the molecule is CCCC(C)C1CC(C(C)C)C1C. The maximum Gasteiger partial charge on any atom is -0.0357 e. The van der Waals surface area contributed by atoms with Crippen molar-refractivity contribution in [2.75, 3.05) is 0 Å². The van der Waals surface area contributed by atoms with Crippen LogP contribution in [0.1, 0.15) is 53.9 Å². The third-order valence-corrected chi connectivity index (χ3v) is 4.23. The van der Waals surface area contributed by atoms with Crippen LogP contribution in [0.4, 0.5) is 0 Å². The monoisotopic (exact) mass is 182 g/mol. The molecule has 4 unspecified atom stereocenters. The van der Waals surface area contributed by atoms with E-state index in [-0.39, 0.29) is 0 Å². The van der Waals surface area contributed by atoms with Crippen molar-refractivity contribution >= 4 is 0 Å². The van der Waals surface area contributed by atoms with E-state index in [1.54, 1.807) is 0 Å². The quantitative estimate of drug-likeness (QED) is 0.606. The van der Waals surface area contributed by atoms with Gasteiger partial charge in [0.15, 0.2) is 0 Å². The maximum atomic E-state index is 2.46. The first-order valence-electron chi connectivity index (χ1n) is 6.07. The van der Waals surface area contributed by atoms with Crippen LogP contribution >= 0.6 is 0 Å². The highest BCUT2D eigenvalue weighted by Crippen LogP contribution is 2.48. The van der Waals surface area contributed by atoms with Gasteiger partial charge in [0.25, 0.3) is 0 Å². The average molecular weight is 182 g/mol. The van der Waals surface area contributed by atoms with E-state index in [0.29, 0.717) is 0 Å². The molecule has 0 heterocycles. The lowest BCUT2D eigenvalue weighted by Gasteiger charge is -2.48. The predicted octanol–water partition coefficient (Wildman–Crippen LogP) is 4.35. The Morgan fingerprint density at radius 2 is 1.77 bits per heavy atom. The van der Waals surface area contributed by atoms with Crippen LogP contribution in [0, 0.1) is 29.6 Å². The fourth-order valence-corrected chi connectivity index (χ4v) is 3.16. The summed E-state index contributed by atoms with van der Waals surface area (Å²) in [5, 5.41) is 0. The fraction of sp³-hybridized carbons (Fsp3) is 1.00. The van der Waals surface area contributed by atoms with E-state index < -0.39 is 0 Å². The molecule has 0 N–H and O–H groups in total. The molecule has 0 aromatic carbocycles. The lowest BCUT2D eigenvalue weighted by Crippen LogP contribution is -2.41.